The number of amides is 1. The summed E-state index contributed by atoms with van der Waals surface area (Å²) < 4.78 is 0. The van der Waals surface area contributed by atoms with E-state index in [9.17, 15) is 4.79 Å². The highest BCUT2D eigenvalue weighted by molar-refractivity contribution is 7.98. The molecule has 0 saturated heterocycles. The molecule has 0 aliphatic carbocycles. The summed E-state index contributed by atoms with van der Waals surface area (Å²) in [6, 6.07) is 12.2. The molecule has 0 saturated carbocycles. The molecule has 4 N–H and O–H groups in total. The van der Waals surface area contributed by atoms with Crippen molar-refractivity contribution in [1.82, 2.24) is 9.97 Å². The van der Waals surface area contributed by atoms with Gasteiger partial charge in [0.15, 0.2) is 0 Å². The maximum absolute atomic E-state index is 11.8. The van der Waals surface area contributed by atoms with Gasteiger partial charge in [0, 0.05) is 34.8 Å². The molecule has 0 fully saturated rings. The number of nitrogens with zero attached hydrogens (tertiary/aromatic N) is 2. The number of halogens is 3. The minimum atomic E-state index is -0.522. The third-order valence-corrected chi connectivity index (χ3v) is 6.29. The van der Waals surface area contributed by atoms with Gasteiger partial charge in [-0.15, -0.1) is 49.0 Å². The fourth-order valence-electron chi connectivity index (χ4n) is 3.71. The van der Waals surface area contributed by atoms with Gasteiger partial charge >= 0.3 is 0 Å². The highest BCUT2D eigenvalue weighted by Crippen LogP contribution is 2.36. The van der Waals surface area contributed by atoms with Gasteiger partial charge in [0.05, 0.1) is 0 Å². The van der Waals surface area contributed by atoms with Crippen LogP contribution in [-0.2, 0) is 18.7 Å². The first-order valence-electron chi connectivity index (χ1n) is 10.5. The lowest BCUT2D eigenvalue weighted by atomic mass is 9.90. The highest BCUT2D eigenvalue weighted by Gasteiger charge is 2.20. The van der Waals surface area contributed by atoms with E-state index >= 15 is 0 Å². The van der Waals surface area contributed by atoms with Crippen molar-refractivity contribution in [3.63, 3.8) is 0 Å². The molecule has 0 bridgehead atoms. The van der Waals surface area contributed by atoms with Gasteiger partial charge in [0.25, 0.3) is 5.91 Å². The maximum Gasteiger partial charge on any atom is 0.268 e. The largest absolute Gasteiger partial charge is 0.364 e. The van der Waals surface area contributed by atoms with E-state index < -0.39 is 5.91 Å². The number of pyridine rings is 2. The Hall–Kier alpha value is -1.83. The Kier molecular flexibility index (Phi) is 13.8. The van der Waals surface area contributed by atoms with Crippen molar-refractivity contribution in [1.29, 1.82) is 0 Å². The molecule has 9 heteroatoms. The zero-order valence-corrected chi connectivity index (χ0v) is 23.1. The molecule has 186 valence electrons. The summed E-state index contributed by atoms with van der Waals surface area (Å²) in [5.74, 6) is 0.603. The van der Waals surface area contributed by atoms with Crippen LogP contribution in [-0.4, -0.2) is 15.9 Å². The van der Waals surface area contributed by atoms with Crippen LogP contribution in [0.15, 0.2) is 47.5 Å². The van der Waals surface area contributed by atoms with E-state index in [4.69, 9.17) is 16.5 Å². The van der Waals surface area contributed by atoms with Gasteiger partial charge < -0.3 is 11.5 Å². The highest BCUT2D eigenvalue weighted by atomic mass is 35.5. The first-order valence-corrected chi connectivity index (χ1v) is 11.5. The van der Waals surface area contributed by atoms with Crippen LogP contribution < -0.4 is 11.5 Å². The van der Waals surface area contributed by atoms with Crippen molar-refractivity contribution >= 4 is 54.9 Å². The zero-order valence-electron chi connectivity index (χ0n) is 19.8. The van der Waals surface area contributed by atoms with Crippen molar-refractivity contribution < 1.29 is 4.79 Å². The molecule has 0 aliphatic heterocycles. The van der Waals surface area contributed by atoms with Gasteiger partial charge in [-0.1, -0.05) is 43.7 Å². The van der Waals surface area contributed by atoms with E-state index in [2.05, 4.69) is 56.9 Å². The number of benzene rings is 1. The number of hydrogen-bond acceptors (Lipinski definition) is 5. The Labute approximate surface area is 225 Å². The normalized spacial score (nSPS) is 10.2. The number of primary amides is 1. The Morgan fingerprint density at radius 1 is 1.03 bits per heavy atom. The number of hydrogen-bond donors (Lipinski definition) is 2. The minimum absolute atomic E-state index is 0. The zero-order chi connectivity index (χ0) is 22.5. The molecule has 0 spiro atoms. The van der Waals surface area contributed by atoms with Gasteiger partial charge in [0.1, 0.15) is 5.69 Å². The lowest BCUT2D eigenvalue weighted by Gasteiger charge is -2.21. The van der Waals surface area contributed by atoms with Crippen LogP contribution >= 0.6 is 49.0 Å². The van der Waals surface area contributed by atoms with E-state index in [1.807, 2.05) is 12.1 Å². The Balaban J connectivity index is 0.00000363. The molecule has 3 rings (SSSR count). The van der Waals surface area contributed by atoms with Crippen LogP contribution in [0.4, 0.5) is 0 Å². The summed E-state index contributed by atoms with van der Waals surface area (Å²) in [5.41, 5.74) is 19.9. The van der Waals surface area contributed by atoms with Crippen LogP contribution in [0, 0.1) is 19.8 Å². The molecule has 3 aromatic rings. The van der Waals surface area contributed by atoms with Gasteiger partial charge in [-0.2, -0.15) is 0 Å². The van der Waals surface area contributed by atoms with Crippen LogP contribution in [0.1, 0.15) is 52.4 Å². The molecule has 2 aromatic heterocycles. The standard InChI is InChI=1S/C25H30N4OS.3ClH/c1-15(2)12-21-19(13-26)23(18-9-7-16(3)8-10-18)20(17(4)29-21)14-31-22-6-5-11-28-24(22)25(27)30;;;/h5-11,15H,12-14,26H2,1-4H3,(H2,27,30);3*1H. The van der Waals surface area contributed by atoms with E-state index in [0.29, 0.717) is 23.9 Å². The molecular weight excluding hydrogens is 511 g/mol. The Morgan fingerprint density at radius 2 is 1.68 bits per heavy atom. The number of nitrogens with two attached hydrogens (primary N) is 2. The average Bonchev–Trinajstić information content (AvgIpc) is 2.73. The molecule has 0 radical (unpaired) electrons. The molecule has 0 atom stereocenters. The van der Waals surface area contributed by atoms with Gasteiger partial charge in [-0.25, -0.2) is 4.98 Å². The fraction of sp³-hybridized carbons (Fsp3) is 0.320. The first kappa shape index (κ1) is 32.2. The monoisotopic (exact) mass is 542 g/mol. The van der Waals surface area contributed by atoms with Crippen LogP contribution in [0.5, 0.6) is 0 Å². The fourth-order valence-corrected chi connectivity index (χ4v) is 4.83. The summed E-state index contributed by atoms with van der Waals surface area (Å²) in [6.07, 6.45) is 2.47. The van der Waals surface area contributed by atoms with Gasteiger partial charge in [-0.05, 0) is 60.6 Å². The molecule has 1 amide bonds. The third kappa shape index (κ3) is 7.59. The van der Waals surface area contributed by atoms with Crippen molar-refractivity contribution in [2.24, 2.45) is 17.4 Å². The van der Waals surface area contributed by atoms with Crippen LogP contribution in [0.3, 0.4) is 0 Å². The topological polar surface area (TPSA) is 94.9 Å². The second-order valence-electron chi connectivity index (χ2n) is 8.15. The summed E-state index contributed by atoms with van der Waals surface area (Å²) in [6.45, 7) is 8.95. The van der Waals surface area contributed by atoms with Crippen molar-refractivity contribution in [2.75, 3.05) is 0 Å². The van der Waals surface area contributed by atoms with Crippen molar-refractivity contribution in [2.45, 2.75) is 51.3 Å². The molecule has 34 heavy (non-hydrogen) atoms. The Morgan fingerprint density at radius 3 is 2.24 bits per heavy atom. The number of aromatic nitrogens is 2. The molecular formula is C25H33Cl3N4OS. The van der Waals surface area contributed by atoms with Crippen LogP contribution in [0.25, 0.3) is 11.1 Å². The number of aryl methyl sites for hydroxylation is 2. The quantitative estimate of drug-likeness (QED) is 0.336. The van der Waals surface area contributed by atoms with Crippen molar-refractivity contribution in [3.05, 3.63) is 76.4 Å². The van der Waals surface area contributed by atoms with E-state index in [1.54, 1.807) is 18.0 Å². The lowest BCUT2D eigenvalue weighted by molar-refractivity contribution is 0.0992. The predicted molar refractivity (Wildman–Crippen MR) is 150 cm³/mol. The molecule has 0 unspecified atom stereocenters. The number of carbonyl (C=O) groups is 1. The molecule has 5 nitrogen and oxygen atoms in total. The summed E-state index contributed by atoms with van der Waals surface area (Å²) in [4.78, 5) is 21.7. The summed E-state index contributed by atoms with van der Waals surface area (Å²) >= 11 is 1.55. The number of thioether (sulfide) groups is 1. The predicted octanol–water partition coefficient (Wildman–Crippen LogP) is 6.07. The Bertz CT molecular complexity index is 1090. The van der Waals surface area contributed by atoms with E-state index in [1.165, 1.54) is 5.56 Å². The SMILES string of the molecule is Cc1ccc(-c2c(CSc3cccnc3C(N)=O)c(C)nc(CC(C)C)c2CN)cc1.Cl.Cl.Cl. The van der Waals surface area contributed by atoms with Crippen molar-refractivity contribution in [3.8, 4) is 11.1 Å². The van der Waals surface area contributed by atoms with Crippen LogP contribution in [0.2, 0.25) is 0 Å². The van der Waals surface area contributed by atoms with Gasteiger partial charge in [-0.3, -0.25) is 9.78 Å². The molecule has 1 aromatic carbocycles. The maximum atomic E-state index is 11.8. The van der Waals surface area contributed by atoms with E-state index in [0.717, 1.165) is 45.0 Å². The summed E-state index contributed by atoms with van der Waals surface area (Å²) in [5, 5.41) is 0. The molecule has 0 aliphatic rings. The number of rotatable bonds is 8. The number of carbonyl (C=O) groups excluding carboxylic acids is 1. The molecule has 2 heterocycles. The summed E-state index contributed by atoms with van der Waals surface area (Å²) in [7, 11) is 0. The second-order valence-corrected chi connectivity index (χ2v) is 9.16. The third-order valence-electron chi connectivity index (χ3n) is 5.21. The van der Waals surface area contributed by atoms with Gasteiger partial charge in [0.2, 0.25) is 0 Å². The average molecular weight is 544 g/mol. The second kappa shape index (κ2) is 14.5. The minimum Gasteiger partial charge on any atom is -0.364 e. The first-order chi connectivity index (χ1) is 14.8. The van der Waals surface area contributed by atoms with E-state index in [-0.39, 0.29) is 37.2 Å². The lowest BCUT2D eigenvalue weighted by Crippen LogP contribution is -2.14. The smallest absolute Gasteiger partial charge is 0.268 e.